The lowest BCUT2D eigenvalue weighted by atomic mass is 10.0. The van der Waals surface area contributed by atoms with Gasteiger partial charge < -0.3 is 0 Å². The molecule has 3 nitrogen and oxygen atoms in total. The molecule has 0 saturated heterocycles. The van der Waals surface area contributed by atoms with E-state index in [-0.39, 0.29) is 10.7 Å². The number of benzene rings is 1. The lowest BCUT2D eigenvalue weighted by Gasteiger charge is -2.04. The summed E-state index contributed by atoms with van der Waals surface area (Å²) in [5, 5.41) is 0.0506. The van der Waals surface area contributed by atoms with Gasteiger partial charge in [-0.25, -0.2) is 0 Å². The Hall–Kier alpha value is -1.89. The Labute approximate surface area is 135 Å². The first-order valence-corrected chi connectivity index (χ1v) is 7.72. The quantitative estimate of drug-likeness (QED) is 0.425. The number of carbonyl (C=O) groups excluding carboxylic acids is 3. The van der Waals surface area contributed by atoms with Crippen LogP contribution in [0.1, 0.15) is 35.7 Å². The molecule has 0 spiro atoms. The lowest BCUT2D eigenvalue weighted by Crippen LogP contribution is -2.25. The van der Waals surface area contributed by atoms with Crippen molar-refractivity contribution in [2.75, 3.05) is 5.75 Å². The van der Waals surface area contributed by atoms with Gasteiger partial charge in [0.15, 0.2) is 10.9 Å². The second kappa shape index (κ2) is 8.67. The van der Waals surface area contributed by atoms with E-state index in [0.29, 0.717) is 12.2 Å². The average Bonchev–Trinajstić information content (AvgIpc) is 2.46. The van der Waals surface area contributed by atoms with Gasteiger partial charge in [0.2, 0.25) is 5.78 Å². The number of hydrogen-bond donors (Lipinski definition) is 0. The van der Waals surface area contributed by atoms with Crippen molar-refractivity contribution < 1.29 is 27.6 Å². The fourth-order valence-electron chi connectivity index (χ4n) is 1.62. The fourth-order valence-corrected chi connectivity index (χ4v) is 2.16. The molecule has 1 rings (SSSR count). The van der Waals surface area contributed by atoms with Crippen molar-refractivity contribution >= 4 is 34.5 Å². The van der Waals surface area contributed by atoms with Crippen molar-refractivity contribution in [2.45, 2.75) is 25.9 Å². The molecule has 0 N–H and O–H groups in total. The summed E-state index contributed by atoms with van der Waals surface area (Å²) in [6, 6.07) is 5.94. The molecule has 0 unspecified atom stereocenters. The number of hydrogen-bond acceptors (Lipinski definition) is 4. The van der Waals surface area contributed by atoms with Crippen LogP contribution in [0.5, 0.6) is 0 Å². The van der Waals surface area contributed by atoms with Crippen LogP contribution < -0.4 is 0 Å². The maximum Gasteiger partial charge on any atom is 0.450 e. The SMILES string of the molecule is CC(=O)SCCC=Cc1ccc(C(=O)CC(=O)C(F)(F)F)cc1. The molecular formula is C16H15F3O3S. The standard InChI is InChI=1S/C16H15F3O3S/c1-11(20)23-9-3-2-4-12-5-7-13(8-6-12)14(21)10-15(22)16(17,18)19/h2,4-8H,3,9-10H2,1H3. The molecule has 0 saturated carbocycles. The summed E-state index contributed by atoms with van der Waals surface area (Å²) in [5.41, 5.74) is 0.836. The molecule has 0 fully saturated rings. The maximum atomic E-state index is 12.1. The van der Waals surface area contributed by atoms with Crippen molar-refractivity contribution in [3.63, 3.8) is 0 Å². The molecular weight excluding hydrogens is 329 g/mol. The molecule has 0 aliphatic rings. The van der Waals surface area contributed by atoms with E-state index in [1.165, 1.54) is 30.8 Å². The molecule has 0 aromatic heterocycles. The highest BCUT2D eigenvalue weighted by Gasteiger charge is 2.39. The maximum absolute atomic E-state index is 12.1. The third kappa shape index (κ3) is 7.27. The minimum Gasteiger partial charge on any atom is -0.294 e. The fraction of sp³-hybridized carbons (Fsp3) is 0.312. The van der Waals surface area contributed by atoms with Crippen LogP contribution >= 0.6 is 11.8 Å². The predicted molar refractivity (Wildman–Crippen MR) is 83.2 cm³/mol. The van der Waals surface area contributed by atoms with Gasteiger partial charge in [0.1, 0.15) is 0 Å². The lowest BCUT2D eigenvalue weighted by molar-refractivity contribution is -0.170. The van der Waals surface area contributed by atoms with Gasteiger partial charge in [-0.15, -0.1) is 0 Å². The second-order valence-electron chi connectivity index (χ2n) is 4.67. The Bertz CT molecular complexity index is 604. The highest BCUT2D eigenvalue weighted by Crippen LogP contribution is 2.19. The van der Waals surface area contributed by atoms with Gasteiger partial charge >= 0.3 is 6.18 Å². The minimum atomic E-state index is -4.99. The Morgan fingerprint density at radius 1 is 1.13 bits per heavy atom. The highest BCUT2D eigenvalue weighted by atomic mass is 32.2. The Kier molecular flexibility index (Phi) is 7.22. The van der Waals surface area contributed by atoms with Crippen LogP contribution in [0.15, 0.2) is 30.3 Å². The molecule has 1 aromatic rings. The Morgan fingerprint density at radius 3 is 2.26 bits per heavy atom. The van der Waals surface area contributed by atoms with Gasteiger partial charge in [0, 0.05) is 18.2 Å². The van der Waals surface area contributed by atoms with E-state index >= 15 is 0 Å². The van der Waals surface area contributed by atoms with E-state index < -0.39 is 24.2 Å². The zero-order valence-corrected chi connectivity index (χ0v) is 13.2. The monoisotopic (exact) mass is 344 g/mol. The molecule has 0 heterocycles. The van der Waals surface area contributed by atoms with Crippen molar-refractivity contribution in [3.05, 3.63) is 41.5 Å². The van der Waals surface area contributed by atoms with Crippen LogP contribution in [-0.4, -0.2) is 28.6 Å². The summed E-state index contributed by atoms with van der Waals surface area (Å²) >= 11 is 1.22. The van der Waals surface area contributed by atoms with Crippen molar-refractivity contribution in [3.8, 4) is 0 Å². The molecule has 0 atom stereocenters. The zero-order valence-electron chi connectivity index (χ0n) is 12.4. The van der Waals surface area contributed by atoms with Crippen LogP contribution in [0.3, 0.4) is 0 Å². The summed E-state index contributed by atoms with van der Waals surface area (Å²) in [7, 11) is 0. The summed E-state index contributed by atoms with van der Waals surface area (Å²) in [6.07, 6.45) is -1.82. The molecule has 0 bridgehead atoms. The number of thioether (sulfide) groups is 1. The van der Waals surface area contributed by atoms with E-state index in [1.807, 2.05) is 6.08 Å². The second-order valence-corrected chi connectivity index (χ2v) is 5.95. The molecule has 0 radical (unpaired) electrons. The third-order valence-electron chi connectivity index (χ3n) is 2.77. The molecule has 0 aliphatic carbocycles. The number of Topliss-reactive ketones (excluding diaryl/α,β-unsaturated/α-hetero) is 2. The van der Waals surface area contributed by atoms with Gasteiger partial charge in [0.25, 0.3) is 0 Å². The van der Waals surface area contributed by atoms with Gasteiger partial charge in [-0.1, -0.05) is 48.2 Å². The summed E-state index contributed by atoms with van der Waals surface area (Å²) < 4.78 is 36.3. The minimum absolute atomic E-state index is 0.0506. The Morgan fingerprint density at radius 2 is 1.74 bits per heavy atom. The molecule has 1 aromatic carbocycles. The van der Waals surface area contributed by atoms with E-state index in [4.69, 9.17) is 0 Å². The zero-order chi connectivity index (χ0) is 17.5. The summed E-state index contributed by atoms with van der Waals surface area (Å²) in [6.45, 7) is 1.49. The number of rotatable bonds is 7. The molecule has 0 aliphatic heterocycles. The topological polar surface area (TPSA) is 51.2 Å². The van der Waals surface area contributed by atoms with Gasteiger partial charge in [-0.2, -0.15) is 13.2 Å². The normalized spacial score (nSPS) is 11.7. The Balaban J connectivity index is 2.56. The van der Waals surface area contributed by atoms with E-state index in [0.717, 1.165) is 5.56 Å². The van der Waals surface area contributed by atoms with E-state index in [9.17, 15) is 27.6 Å². The molecule has 124 valence electrons. The molecule has 23 heavy (non-hydrogen) atoms. The number of carbonyl (C=O) groups is 3. The number of allylic oxidation sites excluding steroid dienone is 1. The predicted octanol–water partition coefficient (Wildman–Crippen LogP) is 4.07. The first kappa shape index (κ1) is 19.2. The van der Waals surface area contributed by atoms with Crippen LogP contribution in [0, 0.1) is 0 Å². The van der Waals surface area contributed by atoms with Crippen molar-refractivity contribution in [2.24, 2.45) is 0 Å². The summed E-state index contributed by atoms with van der Waals surface area (Å²) in [5.74, 6) is -2.24. The van der Waals surface area contributed by atoms with Crippen LogP contribution in [0.4, 0.5) is 13.2 Å². The van der Waals surface area contributed by atoms with Crippen LogP contribution in [0.2, 0.25) is 0 Å². The molecule has 7 heteroatoms. The van der Waals surface area contributed by atoms with E-state index in [2.05, 4.69) is 0 Å². The van der Waals surface area contributed by atoms with Gasteiger partial charge in [-0.05, 0) is 12.0 Å². The van der Waals surface area contributed by atoms with Crippen LogP contribution in [0.25, 0.3) is 6.08 Å². The first-order chi connectivity index (χ1) is 10.7. The largest absolute Gasteiger partial charge is 0.450 e. The van der Waals surface area contributed by atoms with Gasteiger partial charge in [0.05, 0.1) is 6.42 Å². The van der Waals surface area contributed by atoms with Gasteiger partial charge in [-0.3, -0.25) is 14.4 Å². The highest BCUT2D eigenvalue weighted by molar-refractivity contribution is 8.13. The summed E-state index contributed by atoms with van der Waals surface area (Å²) in [4.78, 5) is 33.1. The number of alkyl halides is 3. The molecule has 0 amide bonds. The van der Waals surface area contributed by atoms with Crippen LogP contribution in [-0.2, 0) is 9.59 Å². The average molecular weight is 344 g/mol. The third-order valence-corrected chi connectivity index (χ3v) is 3.62. The smallest absolute Gasteiger partial charge is 0.294 e. The first-order valence-electron chi connectivity index (χ1n) is 6.73. The number of ketones is 2. The number of halogens is 3. The van der Waals surface area contributed by atoms with Crippen molar-refractivity contribution in [1.82, 2.24) is 0 Å². The van der Waals surface area contributed by atoms with E-state index in [1.54, 1.807) is 18.2 Å². The van der Waals surface area contributed by atoms with Crippen molar-refractivity contribution in [1.29, 1.82) is 0 Å².